The summed E-state index contributed by atoms with van der Waals surface area (Å²) in [5.74, 6) is -2.30. The van der Waals surface area contributed by atoms with E-state index in [9.17, 15) is 14.4 Å². The zero-order chi connectivity index (χ0) is 17.4. The van der Waals surface area contributed by atoms with E-state index in [1.165, 1.54) is 7.11 Å². The minimum atomic E-state index is -0.821. The Morgan fingerprint density at radius 1 is 1.21 bits per heavy atom. The largest absolute Gasteiger partial charge is 0.468 e. The van der Waals surface area contributed by atoms with Gasteiger partial charge in [0.25, 0.3) is 0 Å². The number of allylic oxidation sites excluding steroid dienone is 2. The van der Waals surface area contributed by atoms with Gasteiger partial charge in [-0.1, -0.05) is 30.7 Å². The number of halogens is 1. The molecule has 0 saturated heterocycles. The summed E-state index contributed by atoms with van der Waals surface area (Å²) in [6, 6.07) is 7.10. The van der Waals surface area contributed by atoms with Crippen molar-refractivity contribution in [1.29, 1.82) is 0 Å². The predicted octanol–water partition coefficient (Wildman–Crippen LogP) is 2.60. The normalized spacial score (nSPS) is 26.7. The molecule has 0 spiro atoms. The van der Waals surface area contributed by atoms with E-state index in [1.807, 2.05) is 19.1 Å². The second kappa shape index (κ2) is 6.40. The van der Waals surface area contributed by atoms with E-state index >= 15 is 0 Å². The van der Waals surface area contributed by atoms with Gasteiger partial charge in [0.1, 0.15) is 5.92 Å². The number of methoxy groups -OCH3 is 1. The van der Waals surface area contributed by atoms with Crippen LogP contribution in [-0.2, 0) is 19.1 Å². The van der Waals surface area contributed by atoms with Gasteiger partial charge in [-0.25, -0.2) is 0 Å². The highest BCUT2D eigenvalue weighted by Crippen LogP contribution is 2.42. The number of hydrogen-bond acceptors (Lipinski definition) is 4. The van der Waals surface area contributed by atoms with Crippen molar-refractivity contribution in [2.45, 2.75) is 25.7 Å². The molecule has 0 fully saturated rings. The predicted molar refractivity (Wildman–Crippen MR) is 88.3 cm³/mol. The van der Waals surface area contributed by atoms with Gasteiger partial charge >= 0.3 is 5.97 Å². The van der Waals surface area contributed by atoms with Crippen LogP contribution in [0, 0.1) is 11.8 Å². The van der Waals surface area contributed by atoms with Gasteiger partial charge in [-0.2, -0.15) is 0 Å². The number of ether oxygens (including phenoxy) is 1. The molecule has 1 aliphatic heterocycles. The van der Waals surface area contributed by atoms with Crippen molar-refractivity contribution in [3.05, 3.63) is 46.1 Å². The molecular weight excluding hydrogens is 330 g/mol. The fraction of sp³-hybridized carbons (Fsp3) is 0.389. The lowest BCUT2D eigenvalue weighted by Gasteiger charge is -2.36. The summed E-state index contributed by atoms with van der Waals surface area (Å²) >= 11 is 5.93. The third-order valence-corrected chi connectivity index (χ3v) is 4.98. The lowest BCUT2D eigenvalue weighted by atomic mass is 9.70. The number of nitrogens with one attached hydrogen (secondary N) is 1. The second-order valence-electron chi connectivity index (χ2n) is 6.30. The standard InChI is InChI=1S/C18H18ClNO4/c1-9-7-13-16(17(22)15(9)18(23)24-2)12(8-14(21)20-13)10-3-5-11(19)6-4-10/h3-6,9,12,15H,7-8H2,1-2H3,(H,20,21). The van der Waals surface area contributed by atoms with E-state index in [2.05, 4.69) is 5.32 Å². The first-order valence-electron chi connectivity index (χ1n) is 7.82. The number of Topliss-reactive ketones (excluding diaryl/α,β-unsaturated/α-hetero) is 1. The van der Waals surface area contributed by atoms with Gasteiger partial charge in [0.05, 0.1) is 7.11 Å². The molecule has 2 aliphatic rings. The maximum atomic E-state index is 13.0. The number of hydrogen-bond donors (Lipinski definition) is 1. The van der Waals surface area contributed by atoms with Crippen LogP contribution in [0.2, 0.25) is 5.02 Å². The summed E-state index contributed by atoms with van der Waals surface area (Å²) < 4.78 is 4.80. The van der Waals surface area contributed by atoms with Crippen LogP contribution in [0.5, 0.6) is 0 Å². The zero-order valence-corrected chi connectivity index (χ0v) is 14.2. The fourth-order valence-corrected chi connectivity index (χ4v) is 3.70. The number of benzene rings is 1. The molecule has 6 heteroatoms. The number of carbonyl (C=O) groups is 3. The van der Waals surface area contributed by atoms with E-state index in [0.29, 0.717) is 22.7 Å². The summed E-state index contributed by atoms with van der Waals surface area (Å²) in [5, 5.41) is 3.40. The molecule has 1 N–H and O–H groups in total. The Morgan fingerprint density at radius 2 is 1.88 bits per heavy atom. The third-order valence-electron chi connectivity index (χ3n) is 4.72. The van der Waals surface area contributed by atoms with Crippen LogP contribution in [0.15, 0.2) is 35.5 Å². The van der Waals surface area contributed by atoms with Crippen molar-refractivity contribution < 1.29 is 19.1 Å². The molecule has 1 aromatic rings. The van der Waals surface area contributed by atoms with Gasteiger partial charge in [-0.15, -0.1) is 0 Å². The van der Waals surface area contributed by atoms with Crippen molar-refractivity contribution in [2.24, 2.45) is 11.8 Å². The average molecular weight is 348 g/mol. The fourth-order valence-electron chi connectivity index (χ4n) is 3.58. The van der Waals surface area contributed by atoms with Crippen molar-refractivity contribution >= 4 is 29.3 Å². The van der Waals surface area contributed by atoms with E-state index < -0.39 is 11.9 Å². The molecule has 3 unspecified atom stereocenters. The van der Waals surface area contributed by atoms with Crippen LogP contribution in [0.1, 0.15) is 31.2 Å². The second-order valence-corrected chi connectivity index (χ2v) is 6.73. The summed E-state index contributed by atoms with van der Waals surface area (Å²) in [7, 11) is 1.28. The first-order chi connectivity index (χ1) is 11.4. The first kappa shape index (κ1) is 16.7. The minimum absolute atomic E-state index is 0.120. The SMILES string of the molecule is COC(=O)C1C(=O)C2=C(CC1C)NC(=O)CC2c1ccc(Cl)cc1. The Balaban J connectivity index is 2.06. The highest BCUT2D eigenvalue weighted by atomic mass is 35.5. The van der Waals surface area contributed by atoms with Crippen LogP contribution in [0.4, 0.5) is 0 Å². The Kier molecular flexibility index (Phi) is 4.45. The molecular formula is C18H18ClNO4. The smallest absolute Gasteiger partial charge is 0.316 e. The number of carbonyl (C=O) groups excluding carboxylic acids is 3. The molecule has 1 amide bonds. The van der Waals surface area contributed by atoms with Gasteiger partial charge < -0.3 is 10.1 Å². The number of esters is 1. The van der Waals surface area contributed by atoms with Gasteiger partial charge in [0, 0.05) is 28.6 Å². The molecule has 0 saturated carbocycles. The zero-order valence-electron chi connectivity index (χ0n) is 13.5. The molecule has 0 radical (unpaired) electrons. The first-order valence-corrected chi connectivity index (χ1v) is 8.20. The van der Waals surface area contributed by atoms with Crippen LogP contribution >= 0.6 is 11.6 Å². The summed E-state index contributed by atoms with van der Waals surface area (Å²) in [4.78, 5) is 37.1. The average Bonchev–Trinajstić information content (AvgIpc) is 2.54. The molecule has 0 bridgehead atoms. The highest BCUT2D eigenvalue weighted by molar-refractivity contribution is 6.30. The van der Waals surface area contributed by atoms with Crippen molar-refractivity contribution in [1.82, 2.24) is 5.32 Å². The molecule has 5 nitrogen and oxygen atoms in total. The van der Waals surface area contributed by atoms with Crippen molar-refractivity contribution in [3.63, 3.8) is 0 Å². The van der Waals surface area contributed by atoms with Gasteiger partial charge in [0.15, 0.2) is 5.78 Å². The molecule has 1 aromatic carbocycles. The molecule has 0 aromatic heterocycles. The highest BCUT2D eigenvalue weighted by Gasteiger charge is 2.45. The maximum Gasteiger partial charge on any atom is 0.316 e. The monoisotopic (exact) mass is 347 g/mol. The van der Waals surface area contributed by atoms with E-state index in [1.54, 1.807) is 12.1 Å². The Bertz CT molecular complexity index is 738. The van der Waals surface area contributed by atoms with Gasteiger partial charge in [-0.3, -0.25) is 14.4 Å². The molecule has 1 heterocycles. The van der Waals surface area contributed by atoms with Crippen LogP contribution in [0.25, 0.3) is 0 Å². The molecule has 3 rings (SSSR count). The summed E-state index contributed by atoms with van der Waals surface area (Å²) in [5.41, 5.74) is 1.99. The quantitative estimate of drug-likeness (QED) is 0.659. The van der Waals surface area contributed by atoms with Crippen molar-refractivity contribution in [2.75, 3.05) is 7.11 Å². The van der Waals surface area contributed by atoms with E-state index in [4.69, 9.17) is 16.3 Å². The lowest BCUT2D eigenvalue weighted by Crippen LogP contribution is -2.44. The van der Waals surface area contributed by atoms with Crippen LogP contribution < -0.4 is 5.32 Å². The van der Waals surface area contributed by atoms with E-state index in [0.717, 1.165) is 5.56 Å². The number of amides is 1. The Labute approximate surface area is 145 Å². The Morgan fingerprint density at radius 3 is 2.50 bits per heavy atom. The third kappa shape index (κ3) is 2.84. The van der Waals surface area contributed by atoms with Gasteiger partial charge in [-0.05, 0) is 30.0 Å². The molecule has 3 atom stereocenters. The topological polar surface area (TPSA) is 72.5 Å². The minimum Gasteiger partial charge on any atom is -0.468 e. The number of ketones is 1. The lowest BCUT2D eigenvalue weighted by molar-refractivity contribution is -0.151. The van der Waals surface area contributed by atoms with E-state index in [-0.39, 0.29) is 29.9 Å². The maximum absolute atomic E-state index is 13.0. The molecule has 1 aliphatic carbocycles. The summed E-state index contributed by atoms with van der Waals surface area (Å²) in [6.07, 6.45) is 0.644. The number of rotatable bonds is 2. The van der Waals surface area contributed by atoms with Crippen LogP contribution in [0.3, 0.4) is 0 Å². The molecule has 126 valence electrons. The van der Waals surface area contributed by atoms with Crippen LogP contribution in [-0.4, -0.2) is 24.8 Å². The summed E-state index contributed by atoms with van der Waals surface area (Å²) in [6.45, 7) is 1.82. The van der Waals surface area contributed by atoms with Crippen molar-refractivity contribution in [3.8, 4) is 0 Å². The van der Waals surface area contributed by atoms with Gasteiger partial charge in [0.2, 0.25) is 5.91 Å². The Hall–Kier alpha value is -2.14. The molecule has 24 heavy (non-hydrogen) atoms.